The van der Waals surface area contributed by atoms with Crippen molar-refractivity contribution in [3.63, 3.8) is 0 Å². The van der Waals surface area contributed by atoms with E-state index in [-0.39, 0.29) is 0 Å². The van der Waals surface area contributed by atoms with Crippen LogP contribution in [0.5, 0.6) is 0 Å². The Morgan fingerprint density at radius 1 is 1.05 bits per heavy atom. The van der Waals surface area contributed by atoms with E-state index in [0.29, 0.717) is 0 Å². The van der Waals surface area contributed by atoms with Gasteiger partial charge >= 0.3 is 0 Å². The van der Waals surface area contributed by atoms with Gasteiger partial charge in [0.25, 0.3) is 0 Å². The lowest BCUT2D eigenvalue weighted by molar-refractivity contribution is 0.392. The molecule has 0 aliphatic rings. The Kier molecular flexibility index (Phi) is 4.02. The van der Waals surface area contributed by atoms with Crippen molar-refractivity contribution >= 4 is 11.8 Å². The summed E-state index contributed by atoms with van der Waals surface area (Å²) < 4.78 is 7.28. The zero-order chi connectivity index (χ0) is 15.7. The molecule has 1 aromatic carbocycles. The molecule has 0 N–H and O–H groups in total. The summed E-state index contributed by atoms with van der Waals surface area (Å²) in [6.07, 6.45) is 0. The first-order valence-electron chi connectivity index (χ1n) is 7.10. The van der Waals surface area contributed by atoms with E-state index < -0.39 is 0 Å². The van der Waals surface area contributed by atoms with Crippen LogP contribution in [0.25, 0.3) is 5.69 Å². The fraction of sp³-hybridized carbons (Fsp3) is 0.312. The van der Waals surface area contributed by atoms with Gasteiger partial charge in [-0.25, -0.2) is 0 Å². The maximum atomic E-state index is 5.21. The Labute approximate surface area is 133 Å². The second-order valence-electron chi connectivity index (χ2n) is 5.29. The fourth-order valence-electron chi connectivity index (χ4n) is 2.27. The first-order chi connectivity index (χ1) is 10.6. The van der Waals surface area contributed by atoms with Crippen molar-refractivity contribution < 1.29 is 4.52 Å². The third kappa shape index (κ3) is 2.78. The molecule has 0 fully saturated rings. The molecule has 3 aromatic rings. The molecule has 0 unspecified atom stereocenters. The van der Waals surface area contributed by atoms with Crippen LogP contribution in [0, 0.1) is 27.7 Å². The molecule has 0 radical (unpaired) electrons. The number of rotatable bonds is 4. The Morgan fingerprint density at radius 2 is 1.77 bits per heavy atom. The topological polar surface area (TPSA) is 56.7 Å². The monoisotopic (exact) mass is 314 g/mol. The largest absolute Gasteiger partial charge is 0.361 e. The van der Waals surface area contributed by atoms with Crippen LogP contribution in [0.1, 0.15) is 28.4 Å². The van der Waals surface area contributed by atoms with Crippen molar-refractivity contribution in [1.29, 1.82) is 0 Å². The van der Waals surface area contributed by atoms with E-state index in [1.165, 1.54) is 5.56 Å². The number of thioether (sulfide) groups is 1. The van der Waals surface area contributed by atoms with E-state index in [1.54, 1.807) is 11.8 Å². The second-order valence-corrected chi connectivity index (χ2v) is 6.23. The third-order valence-electron chi connectivity index (χ3n) is 3.61. The van der Waals surface area contributed by atoms with Crippen molar-refractivity contribution in [2.45, 2.75) is 38.6 Å². The summed E-state index contributed by atoms with van der Waals surface area (Å²) in [5.41, 5.74) is 4.37. The molecule has 0 spiro atoms. The Bertz CT molecular complexity index is 770. The predicted molar refractivity (Wildman–Crippen MR) is 86.4 cm³/mol. The molecule has 114 valence electrons. The number of hydrogen-bond acceptors (Lipinski definition) is 5. The van der Waals surface area contributed by atoms with Crippen molar-refractivity contribution in [3.8, 4) is 5.69 Å². The average molecular weight is 314 g/mol. The lowest BCUT2D eigenvalue weighted by atomic mass is 10.2. The van der Waals surface area contributed by atoms with E-state index in [1.807, 2.05) is 20.8 Å². The molecule has 0 amide bonds. The standard InChI is InChI=1S/C16H18N4OS/c1-10-5-7-14(8-6-10)20-13(4)17-18-16(20)22-9-15-11(2)19-21-12(15)3/h5-8H,9H2,1-4H3. The summed E-state index contributed by atoms with van der Waals surface area (Å²) in [7, 11) is 0. The molecule has 22 heavy (non-hydrogen) atoms. The highest BCUT2D eigenvalue weighted by atomic mass is 32.2. The summed E-state index contributed by atoms with van der Waals surface area (Å²) in [6.45, 7) is 7.94. The van der Waals surface area contributed by atoms with E-state index in [9.17, 15) is 0 Å². The van der Waals surface area contributed by atoms with E-state index in [2.05, 4.69) is 51.1 Å². The minimum atomic E-state index is 0.769. The summed E-state index contributed by atoms with van der Waals surface area (Å²) in [4.78, 5) is 0. The van der Waals surface area contributed by atoms with Crippen LogP contribution in [0.3, 0.4) is 0 Å². The van der Waals surface area contributed by atoms with Crippen LogP contribution in [0.4, 0.5) is 0 Å². The van der Waals surface area contributed by atoms with Crippen molar-refractivity contribution in [1.82, 2.24) is 19.9 Å². The van der Waals surface area contributed by atoms with Gasteiger partial charge in [0.05, 0.1) is 5.69 Å². The van der Waals surface area contributed by atoms with E-state index in [4.69, 9.17) is 4.52 Å². The number of benzene rings is 1. The average Bonchev–Trinajstić information content (AvgIpc) is 3.02. The Hall–Kier alpha value is -2.08. The van der Waals surface area contributed by atoms with Gasteiger partial charge in [0.2, 0.25) is 0 Å². The van der Waals surface area contributed by atoms with Crippen LogP contribution < -0.4 is 0 Å². The zero-order valence-electron chi connectivity index (χ0n) is 13.1. The van der Waals surface area contributed by atoms with Gasteiger partial charge in [0, 0.05) is 17.0 Å². The summed E-state index contributed by atoms with van der Waals surface area (Å²) in [5, 5.41) is 13.4. The summed E-state index contributed by atoms with van der Waals surface area (Å²) in [6, 6.07) is 8.37. The Balaban J connectivity index is 1.88. The van der Waals surface area contributed by atoms with Crippen molar-refractivity contribution in [2.24, 2.45) is 0 Å². The summed E-state index contributed by atoms with van der Waals surface area (Å²) >= 11 is 1.64. The number of nitrogens with zero attached hydrogens (tertiary/aromatic N) is 4. The summed E-state index contributed by atoms with van der Waals surface area (Å²) in [5.74, 6) is 2.51. The van der Waals surface area contributed by atoms with Gasteiger partial charge in [-0.15, -0.1) is 10.2 Å². The zero-order valence-corrected chi connectivity index (χ0v) is 13.9. The highest BCUT2D eigenvalue weighted by Crippen LogP contribution is 2.27. The van der Waals surface area contributed by atoms with Crippen LogP contribution in [0.15, 0.2) is 33.9 Å². The van der Waals surface area contributed by atoms with Gasteiger partial charge in [-0.1, -0.05) is 34.6 Å². The fourth-order valence-corrected chi connectivity index (χ4v) is 3.42. The SMILES string of the molecule is Cc1ccc(-n2c(C)nnc2SCc2c(C)noc2C)cc1. The molecule has 2 aromatic heterocycles. The number of hydrogen-bond donors (Lipinski definition) is 0. The normalized spacial score (nSPS) is 11.1. The van der Waals surface area contributed by atoms with Crippen LogP contribution >= 0.6 is 11.8 Å². The van der Waals surface area contributed by atoms with E-state index >= 15 is 0 Å². The molecular weight excluding hydrogens is 296 g/mol. The van der Waals surface area contributed by atoms with E-state index in [0.717, 1.165) is 39.4 Å². The van der Waals surface area contributed by atoms with Crippen LogP contribution in [0.2, 0.25) is 0 Å². The molecule has 0 saturated heterocycles. The molecule has 6 heteroatoms. The van der Waals surface area contributed by atoms with Gasteiger partial charge in [0.15, 0.2) is 5.16 Å². The number of aromatic nitrogens is 4. The molecule has 3 rings (SSSR count). The first-order valence-corrected chi connectivity index (χ1v) is 8.08. The van der Waals surface area contributed by atoms with Crippen molar-refractivity contribution in [3.05, 3.63) is 52.7 Å². The van der Waals surface area contributed by atoms with Gasteiger partial charge in [-0.3, -0.25) is 4.57 Å². The highest BCUT2D eigenvalue weighted by molar-refractivity contribution is 7.98. The van der Waals surface area contributed by atoms with Crippen molar-refractivity contribution in [2.75, 3.05) is 0 Å². The molecule has 0 aliphatic carbocycles. The second kappa shape index (κ2) is 5.96. The van der Waals surface area contributed by atoms with Crippen LogP contribution in [-0.4, -0.2) is 19.9 Å². The van der Waals surface area contributed by atoms with Gasteiger partial charge in [-0.2, -0.15) is 0 Å². The predicted octanol–water partition coefficient (Wildman–Crippen LogP) is 3.78. The lowest BCUT2D eigenvalue weighted by Gasteiger charge is -2.08. The maximum absolute atomic E-state index is 5.21. The minimum absolute atomic E-state index is 0.769. The molecule has 0 bridgehead atoms. The molecule has 0 saturated carbocycles. The quantitative estimate of drug-likeness (QED) is 0.686. The van der Waals surface area contributed by atoms with Crippen LogP contribution in [-0.2, 0) is 5.75 Å². The molecule has 0 atom stereocenters. The smallest absolute Gasteiger partial charge is 0.196 e. The molecular formula is C16H18N4OS. The molecule has 5 nitrogen and oxygen atoms in total. The Morgan fingerprint density at radius 3 is 2.41 bits per heavy atom. The highest BCUT2D eigenvalue weighted by Gasteiger charge is 2.14. The molecule has 2 heterocycles. The maximum Gasteiger partial charge on any atom is 0.196 e. The lowest BCUT2D eigenvalue weighted by Crippen LogP contribution is -1.99. The van der Waals surface area contributed by atoms with Gasteiger partial charge in [-0.05, 0) is 39.8 Å². The van der Waals surface area contributed by atoms with Gasteiger partial charge < -0.3 is 4.52 Å². The molecule has 0 aliphatic heterocycles. The minimum Gasteiger partial charge on any atom is -0.361 e. The van der Waals surface area contributed by atoms with Gasteiger partial charge in [0.1, 0.15) is 11.6 Å². The third-order valence-corrected chi connectivity index (χ3v) is 4.57. The number of aryl methyl sites for hydroxylation is 4. The first kappa shape index (κ1) is 14.8.